The van der Waals surface area contributed by atoms with Crippen LogP contribution in [0.25, 0.3) is 0 Å². The van der Waals surface area contributed by atoms with E-state index in [-0.39, 0.29) is 24.5 Å². The van der Waals surface area contributed by atoms with Crippen molar-refractivity contribution in [3.63, 3.8) is 0 Å². The van der Waals surface area contributed by atoms with Crippen LogP contribution in [0.2, 0.25) is 0 Å². The summed E-state index contributed by atoms with van der Waals surface area (Å²) in [6.45, 7) is 3.86. The van der Waals surface area contributed by atoms with E-state index < -0.39 is 6.04 Å². The molecule has 0 aromatic heterocycles. The van der Waals surface area contributed by atoms with Gasteiger partial charge in [-0.1, -0.05) is 30.3 Å². The van der Waals surface area contributed by atoms with E-state index in [0.29, 0.717) is 19.6 Å². The van der Waals surface area contributed by atoms with Crippen molar-refractivity contribution in [2.45, 2.75) is 26.0 Å². The molecule has 6 nitrogen and oxygen atoms in total. The molecule has 1 fully saturated rings. The largest absolute Gasteiger partial charge is 0.445 e. The van der Waals surface area contributed by atoms with E-state index in [1.807, 2.05) is 30.3 Å². The van der Waals surface area contributed by atoms with Crippen LogP contribution in [0.15, 0.2) is 30.3 Å². The molecule has 1 heterocycles. The minimum atomic E-state index is -0.492. The molecule has 126 valence electrons. The van der Waals surface area contributed by atoms with Gasteiger partial charge in [0.25, 0.3) is 0 Å². The number of likely N-dealkylation sites (tertiary alicyclic amines) is 1. The number of nitrogens with two attached hydrogens (primary N) is 1. The van der Waals surface area contributed by atoms with Gasteiger partial charge >= 0.3 is 6.09 Å². The Morgan fingerprint density at radius 2 is 2.09 bits per heavy atom. The van der Waals surface area contributed by atoms with Crippen LogP contribution in [0.1, 0.15) is 18.9 Å². The van der Waals surface area contributed by atoms with Crippen LogP contribution in [0.4, 0.5) is 4.79 Å². The Balaban J connectivity index is 1.76. The Bertz CT molecular complexity index is 533. The fourth-order valence-corrected chi connectivity index (χ4v) is 2.78. The summed E-state index contributed by atoms with van der Waals surface area (Å²) in [5, 5.41) is 0. The second-order valence-corrected chi connectivity index (χ2v) is 6.15. The highest BCUT2D eigenvalue weighted by Gasteiger charge is 2.29. The summed E-state index contributed by atoms with van der Waals surface area (Å²) < 4.78 is 5.34. The van der Waals surface area contributed by atoms with Crippen LogP contribution in [0, 0.1) is 5.92 Å². The number of amides is 2. The van der Waals surface area contributed by atoms with E-state index in [2.05, 4.69) is 0 Å². The summed E-state index contributed by atoms with van der Waals surface area (Å²) in [4.78, 5) is 27.2. The Morgan fingerprint density at radius 3 is 2.74 bits per heavy atom. The molecule has 1 aromatic carbocycles. The smallest absolute Gasteiger partial charge is 0.410 e. The molecule has 1 aliphatic rings. The zero-order chi connectivity index (χ0) is 16.8. The highest BCUT2D eigenvalue weighted by atomic mass is 16.6. The molecule has 6 heteroatoms. The first-order valence-corrected chi connectivity index (χ1v) is 7.93. The van der Waals surface area contributed by atoms with Crippen LogP contribution in [0.5, 0.6) is 0 Å². The van der Waals surface area contributed by atoms with Crippen LogP contribution >= 0.6 is 0 Å². The number of nitrogens with zero attached hydrogens (tertiary/aromatic N) is 2. The quantitative estimate of drug-likeness (QED) is 0.891. The van der Waals surface area contributed by atoms with Gasteiger partial charge in [0.2, 0.25) is 5.91 Å². The number of ether oxygens (including phenoxy) is 1. The molecule has 1 saturated heterocycles. The van der Waals surface area contributed by atoms with Gasteiger partial charge in [-0.3, -0.25) is 4.79 Å². The maximum atomic E-state index is 12.1. The lowest BCUT2D eigenvalue weighted by molar-refractivity contribution is -0.131. The van der Waals surface area contributed by atoms with Crippen molar-refractivity contribution in [3.05, 3.63) is 35.9 Å². The molecule has 2 N–H and O–H groups in total. The van der Waals surface area contributed by atoms with E-state index in [1.165, 1.54) is 0 Å². The molecular formula is C17H25N3O3. The lowest BCUT2D eigenvalue weighted by Crippen LogP contribution is -2.42. The predicted octanol–water partition coefficient (Wildman–Crippen LogP) is 1.45. The van der Waals surface area contributed by atoms with Crippen molar-refractivity contribution in [3.8, 4) is 0 Å². The van der Waals surface area contributed by atoms with Crippen LogP contribution in [0.3, 0.4) is 0 Å². The molecule has 0 radical (unpaired) electrons. The third-order valence-electron chi connectivity index (χ3n) is 4.05. The topological polar surface area (TPSA) is 75.9 Å². The summed E-state index contributed by atoms with van der Waals surface area (Å²) in [6.07, 6.45) is 0.578. The molecule has 0 aliphatic carbocycles. The SMILES string of the molecule is CC(N)C(=O)N(C)CC1CCN(C(=O)OCc2ccccc2)C1. The van der Waals surface area contributed by atoms with E-state index >= 15 is 0 Å². The molecule has 2 amide bonds. The van der Waals surface area contributed by atoms with E-state index in [1.54, 1.807) is 23.8 Å². The molecule has 0 spiro atoms. The highest BCUT2D eigenvalue weighted by Crippen LogP contribution is 2.18. The molecule has 2 unspecified atom stereocenters. The van der Waals surface area contributed by atoms with E-state index in [4.69, 9.17) is 10.5 Å². The van der Waals surface area contributed by atoms with Crippen LogP contribution < -0.4 is 5.73 Å². The second-order valence-electron chi connectivity index (χ2n) is 6.15. The molecule has 23 heavy (non-hydrogen) atoms. The molecule has 1 aromatic rings. The Labute approximate surface area is 137 Å². The van der Waals surface area contributed by atoms with Gasteiger partial charge in [-0.05, 0) is 24.8 Å². The van der Waals surface area contributed by atoms with Gasteiger partial charge in [0, 0.05) is 26.7 Å². The molecule has 0 bridgehead atoms. The number of carbonyl (C=O) groups excluding carboxylic acids is 2. The monoisotopic (exact) mass is 319 g/mol. The first kappa shape index (κ1) is 17.3. The summed E-state index contributed by atoms with van der Waals surface area (Å²) in [5.41, 5.74) is 6.58. The molecule has 2 atom stereocenters. The van der Waals surface area contributed by atoms with Gasteiger partial charge < -0.3 is 20.3 Å². The van der Waals surface area contributed by atoms with Crippen molar-refractivity contribution in [1.29, 1.82) is 0 Å². The minimum Gasteiger partial charge on any atom is -0.445 e. The third kappa shape index (κ3) is 4.96. The lowest BCUT2D eigenvalue weighted by atomic mass is 10.1. The highest BCUT2D eigenvalue weighted by molar-refractivity contribution is 5.80. The second kappa shape index (κ2) is 7.97. The number of likely N-dealkylation sites (N-methyl/N-ethyl adjacent to an activating group) is 1. The average Bonchev–Trinajstić information content (AvgIpc) is 3.01. The summed E-state index contributed by atoms with van der Waals surface area (Å²) in [6, 6.07) is 9.12. The average molecular weight is 319 g/mol. The molecular weight excluding hydrogens is 294 g/mol. The maximum absolute atomic E-state index is 12.1. The molecule has 1 aliphatic heterocycles. The maximum Gasteiger partial charge on any atom is 0.410 e. The van der Waals surface area contributed by atoms with Gasteiger partial charge in [0.1, 0.15) is 6.61 Å². The number of hydrogen-bond acceptors (Lipinski definition) is 4. The van der Waals surface area contributed by atoms with Gasteiger partial charge in [0.05, 0.1) is 6.04 Å². The standard InChI is InChI=1S/C17H25N3O3/c1-13(18)16(21)19(2)10-15-8-9-20(11-15)17(22)23-12-14-6-4-3-5-7-14/h3-7,13,15H,8-12,18H2,1-2H3. The number of hydrogen-bond donors (Lipinski definition) is 1. The number of carbonyl (C=O) groups is 2. The molecule has 0 saturated carbocycles. The zero-order valence-corrected chi connectivity index (χ0v) is 13.8. The van der Waals surface area contributed by atoms with Crippen LogP contribution in [-0.4, -0.2) is 54.5 Å². The minimum absolute atomic E-state index is 0.0740. The summed E-state index contributed by atoms with van der Waals surface area (Å²) in [7, 11) is 1.75. The number of rotatable bonds is 5. The van der Waals surface area contributed by atoms with Gasteiger partial charge in [-0.15, -0.1) is 0 Å². The Kier molecular flexibility index (Phi) is 5.98. The van der Waals surface area contributed by atoms with Gasteiger partial charge in [-0.25, -0.2) is 4.79 Å². The lowest BCUT2D eigenvalue weighted by Gasteiger charge is -2.23. The normalized spacial score (nSPS) is 18.6. The fourth-order valence-electron chi connectivity index (χ4n) is 2.78. The zero-order valence-electron chi connectivity index (χ0n) is 13.8. The van der Waals surface area contributed by atoms with Crippen molar-refractivity contribution in [1.82, 2.24) is 9.80 Å². The van der Waals surface area contributed by atoms with Crippen molar-refractivity contribution in [2.75, 3.05) is 26.7 Å². The van der Waals surface area contributed by atoms with E-state index in [9.17, 15) is 9.59 Å². The van der Waals surface area contributed by atoms with Crippen molar-refractivity contribution < 1.29 is 14.3 Å². The van der Waals surface area contributed by atoms with Crippen molar-refractivity contribution >= 4 is 12.0 Å². The van der Waals surface area contributed by atoms with Gasteiger partial charge in [0.15, 0.2) is 0 Å². The summed E-state index contributed by atoms with van der Waals surface area (Å²) in [5.74, 6) is 0.196. The summed E-state index contributed by atoms with van der Waals surface area (Å²) >= 11 is 0. The Morgan fingerprint density at radius 1 is 1.39 bits per heavy atom. The third-order valence-corrected chi connectivity index (χ3v) is 4.05. The Hall–Kier alpha value is -2.08. The first-order chi connectivity index (χ1) is 11.0. The van der Waals surface area contributed by atoms with Crippen LogP contribution in [-0.2, 0) is 16.1 Å². The van der Waals surface area contributed by atoms with E-state index in [0.717, 1.165) is 12.0 Å². The number of benzene rings is 1. The predicted molar refractivity (Wildman–Crippen MR) is 87.6 cm³/mol. The first-order valence-electron chi connectivity index (χ1n) is 7.93. The molecule has 2 rings (SSSR count). The van der Waals surface area contributed by atoms with Gasteiger partial charge in [-0.2, -0.15) is 0 Å². The van der Waals surface area contributed by atoms with Crippen molar-refractivity contribution in [2.24, 2.45) is 11.7 Å². The fraction of sp³-hybridized carbons (Fsp3) is 0.529.